The van der Waals surface area contributed by atoms with Crippen molar-refractivity contribution in [2.45, 2.75) is 63.4 Å². The summed E-state index contributed by atoms with van der Waals surface area (Å²) in [6, 6.07) is -0.786. The summed E-state index contributed by atoms with van der Waals surface area (Å²) in [5, 5.41) is 26.0. The highest BCUT2D eigenvalue weighted by Gasteiger charge is 2.50. The second kappa shape index (κ2) is 20.8. The summed E-state index contributed by atoms with van der Waals surface area (Å²) in [4.78, 5) is 87.6. The molecular weight excluding hydrogens is 869 g/mol. The standard InChI is InChI=1S/C26H45N8O18P3S2/c1-26(2,20(37)23(38)30-6-4-16(35)29-7-8-56-25(39)14(27)5-9-57(3)47)11-49-55(45,46)52-54(43,44)48-10-15-19(51-53(40,41)42)18(36)24(50-15)34-13-33-17-21(28)31-12-32-22(17)34/h12-15,18-20,24,36-37H,4-11,27H2,1-3H3,(H,29,35)(H,30,38)(H,43,44)(H,45,46)(H2,28,31,32)(H2,40,41,42). The number of anilines is 1. The minimum absolute atomic E-state index is 0.0229. The monoisotopic (exact) mass is 914 g/mol. The molecule has 0 radical (unpaired) electrons. The van der Waals surface area contributed by atoms with E-state index >= 15 is 0 Å². The number of aliphatic hydroxyl groups excluding tert-OH is 2. The zero-order chi connectivity index (χ0) is 42.9. The van der Waals surface area contributed by atoms with Gasteiger partial charge in [0, 0.05) is 53.5 Å². The highest BCUT2D eigenvalue weighted by atomic mass is 32.2. The number of fused-ring (bicyclic) bond motifs is 1. The average molecular weight is 915 g/mol. The molecule has 0 aromatic carbocycles. The highest BCUT2D eigenvalue weighted by molar-refractivity contribution is 8.13. The lowest BCUT2D eigenvalue weighted by atomic mass is 9.87. The van der Waals surface area contributed by atoms with E-state index in [4.69, 9.17) is 25.3 Å². The molecule has 0 saturated carbocycles. The molecule has 26 nitrogen and oxygen atoms in total. The van der Waals surface area contributed by atoms with E-state index in [2.05, 4.69) is 34.4 Å². The SMILES string of the molecule is CS(=O)CCC(N)C(=O)SCCNC(=O)CCNC(=O)C(O)C(C)(C)COP(=O)(O)OP(=O)(O)OCC1OC(n2cnc3c(N)ncnc32)C(O)C1OP(=O)(O)O. The number of hydrogen-bond donors (Lipinski definition) is 10. The van der Waals surface area contributed by atoms with Crippen LogP contribution in [-0.4, -0.2) is 145 Å². The number of carbonyl (C=O) groups is 3. The molecule has 0 aliphatic carbocycles. The number of thioether (sulfide) groups is 1. The van der Waals surface area contributed by atoms with Crippen LogP contribution in [0.15, 0.2) is 12.7 Å². The fourth-order valence-electron chi connectivity index (χ4n) is 4.80. The van der Waals surface area contributed by atoms with Crippen LogP contribution >= 0.6 is 35.2 Å². The Balaban J connectivity index is 1.47. The maximum Gasteiger partial charge on any atom is 0.481 e. The Labute approximate surface area is 331 Å². The third kappa shape index (κ3) is 15.3. The summed E-state index contributed by atoms with van der Waals surface area (Å²) in [6.07, 6.45) is -5.28. The summed E-state index contributed by atoms with van der Waals surface area (Å²) < 4.78 is 73.2. The highest BCUT2D eigenvalue weighted by Crippen LogP contribution is 2.61. The maximum absolute atomic E-state index is 12.7. The number of nitrogens with zero attached hydrogens (tertiary/aromatic N) is 4. The number of rotatable bonds is 23. The number of nitrogens with one attached hydrogen (secondary N) is 2. The van der Waals surface area contributed by atoms with E-state index < -0.39 is 101 Å². The summed E-state index contributed by atoms with van der Waals surface area (Å²) >= 11 is 0.906. The Morgan fingerprint density at radius 3 is 2.40 bits per heavy atom. The van der Waals surface area contributed by atoms with Crippen molar-refractivity contribution in [1.29, 1.82) is 0 Å². The molecule has 1 fully saturated rings. The molecule has 57 heavy (non-hydrogen) atoms. The molecule has 2 aromatic heterocycles. The Hall–Kier alpha value is -2.33. The van der Waals surface area contributed by atoms with Crippen LogP contribution in [0.2, 0.25) is 0 Å². The zero-order valence-electron chi connectivity index (χ0n) is 30.5. The van der Waals surface area contributed by atoms with Crippen molar-refractivity contribution in [3.8, 4) is 0 Å². The van der Waals surface area contributed by atoms with Crippen LogP contribution in [0.1, 0.15) is 32.9 Å². The van der Waals surface area contributed by atoms with E-state index in [1.165, 1.54) is 20.1 Å². The third-order valence-electron chi connectivity index (χ3n) is 7.77. The Kier molecular flexibility index (Phi) is 17.9. The van der Waals surface area contributed by atoms with Crippen LogP contribution in [0.25, 0.3) is 11.2 Å². The first kappa shape index (κ1) is 49.0. The number of imidazole rings is 1. The third-order valence-corrected chi connectivity index (χ3v) is 12.7. The number of ether oxygens (including phenoxy) is 1. The number of aliphatic hydroxyl groups is 2. The van der Waals surface area contributed by atoms with Crippen molar-refractivity contribution in [3.63, 3.8) is 0 Å². The molecule has 3 rings (SSSR count). The van der Waals surface area contributed by atoms with Gasteiger partial charge in [-0.25, -0.2) is 28.6 Å². The van der Waals surface area contributed by atoms with Gasteiger partial charge in [0.25, 0.3) is 0 Å². The second-order valence-electron chi connectivity index (χ2n) is 12.9. The predicted molar refractivity (Wildman–Crippen MR) is 199 cm³/mol. The summed E-state index contributed by atoms with van der Waals surface area (Å²) in [5.74, 6) is -1.05. The van der Waals surface area contributed by atoms with Gasteiger partial charge in [0.2, 0.25) is 16.9 Å². The molecule has 9 atom stereocenters. The molecule has 12 N–H and O–H groups in total. The minimum Gasteiger partial charge on any atom is -0.386 e. The van der Waals surface area contributed by atoms with Crippen molar-refractivity contribution in [1.82, 2.24) is 30.2 Å². The fourth-order valence-corrected chi connectivity index (χ4v) is 8.95. The van der Waals surface area contributed by atoms with Crippen LogP contribution in [-0.2, 0) is 61.5 Å². The smallest absolute Gasteiger partial charge is 0.386 e. The van der Waals surface area contributed by atoms with E-state index in [1.807, 2.05) is 0 Å². The summed E-state index contributed by atoms with van der Waals surface area (Å²) in [5.41, 5.74) is 9.96. The van der Waals surface area contributed by atoms with Gasteiger partial charge in [0.15, 0.2) is 17.7 Å². The van der Waals surface area contributed by atoms with Crippen LogP contribution in [0.5, 0.6) is 0 Å². The van der Waals surface area contributed by atoms with Crippen LogP contribution in [0.3, 0.4) is 0 Å². The first-order valence-corrected chi connectivity index (χ1v) is 23.7. The molecule has 2 aromatic rings. The lowest BCUT2D eigenvalue weighted by molar-refractivity contribution is -0.137. The molecule has 0 spiro atoms. The van der Waals surface area contributed by atoms with Gasteiger partial charge >= 0.3 is 23.5 Å². The molecule has 1 aliphatic rings. The molecule has 3 heterocycles. The van der Waals surface area contributed by atoms with Gasteiger partial charge in [-0.2, -0.15) is 4.31 Å². The van der Waals surface area contributed by atoms with Crippen LogP contribution in [0, 0.1) is 5.41 Å². The summed E-state index contributed by atoms with van der Waals surface area (Å²) in [7, 11) is -17.5. The van der Waals surface area contributed by atoms with E-state index in [9.17, 15) is 62.1 Å². The normalized spacial score (nSPS) is 22.6. The number of amides is 2. The predicted octanol–water partition coefficient (Wildman–Crippen LogP) is -2.24. The summed E-state index contributed by atoms with van der Waals surface area (Å²) in [6.45, 7) is 0.288. The van der Waals surface area contributed by atoms with Crippen LogP contribution < -0.4 is 22.1 Å². The largest absolute Gasteiger partial charge is 0.481 e. The van der Waals surface area contributed by atoms with E-state index in [0.717, 1.165) is 29.0 Å². The molecule has 31 heteroatoms. The molecule has 1 aliphatic heterocycles. The number of phosphoric acid groups is 3. The number of aromatic nitrogens is 4. The number of hydrogen-bond acceptors (Lipinski definition) is 20. The Morgan fingerprint density at radius 2 is 1.75 bits per heavy atom. The van der Waals surface area contributed by atoms with Crippen molar-refractivity contribution in [2.75, 3.05) is 49.8 Å². The van der Waals surface area contributed by atoms with Crippen molar-refractivity contribution < 1.29 is 84.7 Å². The Morgan fingerprint density at radius 1 is 1.09 bits per heavy atom. The lowest BCUT2D eigenvalue weighted by Gasteiger charge is -2.30. The average Bonchev–Trinajstić information content (AvgIpc) is 3.66. The van der Waals surface area contributed by atoms with Crippen molar-refractivity contribution in [2.24, 2.45) is 11.1 Å². The molecular formula is C26H45N8O18P3S2. The maximum atomic E-state index is 12.7. The van der Waals surface area contributed by atoms with E-state index in [0.29, 0.717) is 0 Å². The minimum atomic E-state index is -5.58. The van der Waals surface area contributed by atoms with Gasteiger partial charge in [0.05, 0.1) is 25.6 Å². The van der Waals surface area contributed by atoms with E-state index in [1.54, 1.807) is 0 Å². The lowest BCUT2D eigenvalue weighted by Crippen LogP contribution is -2.46. The first-order valence-electron chi connectivity index (χ1n) is 16.4. The van der Waals surface area contributed by atoms with Gasteiger partial charge in [-0.1, -0.05) is 25.6 Å². The zero-order valence-corrected chi connectivity index (χ0v) is 34.8. The van der Waals surface area contributed by atoms with E-state index in [-0.39, 0.29) is 59.5 Å². The quantitative estimate of drug-likeness (QED) is 0.0416. The number of carbonyl (C=O) groups excluding carboxylic acids is 3. The topological polar surface area (TPSA) is 407 Å². The molecule has 324 valence electrons. The molecule has 9 unspecified atom stereocenters. The number of nitrogens with two attached hydrogens (primary N) is 2. The van der Waals surface area contributed by atoms with Crippen LogP contribution in [0.4, 0.5) is 5.82 Å². The first-order chi connectivity index (χ1) is 26.3. The number of phosphoric ester groups is 3. The van der Waals surface area contributed by atoms with Gasteiger partial charge in [-0.05, 0) is 6.42 Å². The Bertz CT molecular complexity index is 1900. The van der Waals surface area contributed by atoms with Gasteiger partial charge in [-0.3, -0.25) is 36.7 Å². The molecule has 2 amide bonds. The van der Waals surface area contributed by atoms with Gasteiger partial charge in [-0.15, -0.1) is 0 Å². The molecule has 0 bridgehead atoms. The number of nitrogen functional groups attached to an aromatic ring is 1. The van der Waals surface area contributed by atoms with Crippen molar-refractivity contribution >= 4 is 79.9 Å². The molecule has 1 saturated heterocycles. The fraction of sp³-hybridized carbons (Fsp3) is 0.692. The van der Waals surface area contributed by atoms with Gasteiger partial charge < -0.3 is 56.6 Å². The van der Waals surface area contributed by atoms with Crippen molar-refractivity contribution in [3.05, 3.63) is 12.7 Å². The second-order valence-corrected chi connectivity index (χ2v) is 19.8. The van der Waals surface area contributed by atoms with Gasteiger partial charge in [0.1, 0.15) is 36.3 Å².